The van der Waals surface area contributed by atoms with Crippen molar-refractivity contribution in [2.75, 3.05) is 19.6 Å². The van der Waals surface area contributed by atoms with Gasteiger partial charge in [-0.15, -0.1) is 11.3 Å². The second-order valence-electron chi connectivity index (χ2n) is 6.66. The number of aromatic nitrogens is 1. The van der Waals surface area contributed by atoms with Crippen LogP contribution in [0.25, 0.3) is 0 Å². The van der Waals surface area contributed by atoms with Crippen LogP contribution >= 0.6 is 11.3 Å². The van der Waals surface area contributed by atoms with Crippen LogP contribution in [-0.2, 0) is 6.42 Å². The Morgan fingerprint density at radius 3 is 2.72 bits per heavy atom. The molecule has 1 aromatic heterocycles. The summed E-state index contributed by atoms with van der Waals surface area (Å²) in [6.45, 7) is 8.96. The number of rotatable bonds is 7. The lowest BCUT2D eigenvalue weighted by Gasteiger charge is -2.10. The molecule has 0 amide bonds. The topological polar surface area (TPSA) is 49.3 Å². The van der Waals surface area contributed by atoms with Gasteiger partial charge in [-0.2, -0.15) is 0 Å². The smallest absolute Gasteiger partial charge is 0.191 e. The summed E-state index contributed by atoms with van der Waals surface area (Å²) in [5.74, 6) is 2.29. The molecule has 1 aliphatic rings. The molecule has 1 aliphatic carbocycles. The van der Waals surface area contributed by atoms with Crippen LogP contribution in [-0.4, -0.2) is 30.6 Å². The number of guanidine groups is 1. The largest absolute Gasteiger partial charge is 0.357 e. The predicted octanol–water partition coefficient (Wildman–Crippen LogP) is 3.66. The molecule has 0 radical (unpaired) electrons. The maximum Gasteiger partial charge on any atom is 0.191 e. The van der Waals surface area contributed by atoms with Crippen molar-refractivity contribution in [1.82, 2.24) is 15.6 Å². The van der Waals surface area contributed by atoms with E-state index in [4.69, 9.17) is 4.99 Å². The second kappa shape index (κ2) is 8.48. The third kappa shape index (κ3) is 5.05. The van der Waals surface area contributed by atoms with Gasteiger partial charge in [-0.05, 0) is 44.6 Å². The van der Waals surface area contributed by atoms with Gasteiger partial charge in [0.15, 0.2) is 5.96 Å². The standard InChI is InChI=1S/C20H28N4S/c1-4-21-20(22-11-10-19-24-14(2)15(3)25-19)23-13-17-12-18(17)16-8-6-5-7-9-16/h5-9,17-18H,4,10-13H2,1-3H3,(H2,21,22,23). The maximum atomic E-state index is 4.78. The van der Waals surface area contributed by atoms with Gasteiger partial charge in [0.05, 0.1) is 10.7 Å². The number of thiazole rings is 1. The number of aryl methyl sites for hydroxylation is 2. The first-order valence-electron chi connectivity index (χ1n) is 9.17. The summed E-state index contributed by atoms with van der Waals surface area (Å²) in [4.78, 5) is 10.7. The van der Waals surface area contributed by atoms with Crippen LogP contribution < -0.4 is 10.6 Å². The van der Waals surface area contributed by atoms with Crippen molar-refractivity contribution in [2.24, 2.45) is 10.9 Å². The van der Waals surface area contributed by atoms with Gasteiger partial charge in [0.1, 0.15) is 0 Å². The van der Waals surface area contributed by atoms with E-state index in [0.29, 0.717) is 11.8 Å². The van der Waals surface area contributed by atoms with Crippen molar-refractivity contribution in [3.63, 3.8) is 0 Å². The molecule has 4 nitrogen and oxygen atoms in total. The number of nitrogens with zero attached hydrogens (tertiary/aromatic N) is 2. The molecule has 2 unspecified atom stereocenters. The average Bonchev–Trinajstić information content (AvgIpc) is 3.32. The summed E-state index contributed by atoms with van der Waals surface area (Å²) in [7, 11) is 0. The van der Waals surface area contributed by atoms with Gasteiger partial charge in [0.25, 0.3) is 0 Å². The minimum atomic E-state index is 0.683. The summed E-state index contributed by atoms with van der Waals surface area (Å²) in [5.41, 5.74) is 2.61. The highest BCUT2D eigenvalue weighted by Crippen LogP contribution is 2.47. The molecule has 2 atom stereocenters. The van der Waals surface area contributed by atoms with Gasteiger partial charge in [-0.1, -0.05) is 30.3 Å². The molecular weight excluding hydrogens is 328 g/mol. The normalized spacial score (nSPS) is 19.7. The van der Waals surface area contributed by atoms with Crippen LogP contribution in [0.2, 0.25) is 0 Å². The third-order valence-electron chi connectivity index (χ3n) is 4.68. The van der Waals surface area contributed by atoms with Crippen LogP contribution in [0.1, 0.15) is 40.4 Å². The molecule has 25 heavy (non-hydrogen) atoms. The minimum Gasteiger partial charge on any atom is -0.357 e. The molecule has 5 heteroatoms. The fraction of sp³-hybridized carbons (Fsp3) is 0.500. The first-order chi connectivity index (χ1) is 12.2. The highest BCUT2D eigenvalue weighted by atomic mass is 32.1. The number of nitrogens with one attached hydrogen (secondary N) is 2. The van der Waals surface area contributed by atoms with Crippen LogP contribution in [0.5, 0.6) is 0 Å². The van der Waals surface area contributed by atoms with Crippen LogP contribution in [0, 0.1) is 19.8 Å². The van der Waals surface area contributed by atoms with Crippen LogP contribution in [0.3, 0.4) is 0 Å². The molecule has 0 aliphatic heterocycles. The lowest BCUT2D eigenvalue weighted by atomic mass is 10.1. The summed E-state index contributed by atoms with van der Waals surface area (Å²) >= 11 is 1.79. The lowest BCUT2D eigenvalue weighted by Crippen LogP contribution is -2.38. The van der Waals surface area contributed by atoms with Gasteiger partial charge in [0.2, 0.25) is 0 Å². The van der Waals surface area contributed by atoms with E-state index in [1.54, 1.807) is 11.3 Å². The Bertz CT molecular complexity index is 688. The average molecular weight is 357 g/mol. The molecule has 0 spiro atoms. The highest BCUT2D eigenvalue weighted by molar-refractivity contribution is 7.11. The van der Waals surface area contributed by atoms with Crippen molar-refractivity contribution >= 4 is 17.3 Å². The van der Waals surface area contributed by atoms with Gasteiger partial charge in [-0.3, -0.25) is 4.99 Å². The van der Waals surface area contributed by atoms with Crippen molar-refractivity contribution in [3.8, 4) is 0 Å². The molecule has 0 saturated heterocycles. The van der Waals surface area contributed by atoms with E-state index in [-0.39, 0.29) is 0 Å². The van der Waals surface area contributed by atoms with Gasteiger partial charge >= 0.3 is 0 Å². The zero-order valence-electron chi connectivity index (χ0n) is 15.4. The van der Waals surface area contributed by atoms with E-state index >= 15 is 0 Å². The summed E-state index contributed by atoms with van der Waals surface area (Å²) in [5, 5.41) is 7.99. The van der Waals surface area contributed by atoms with E-state index < -0.39 is 0 Å². The first-order valence-corrected chi connectivity index (χ1v) is 9.99. The van der Waals surface area contributed by atoms with E-state index in [9.17, 15) is 0 Å². The van der Waals surface area contributed by atoms with Crippen LogP contribution in [0.4, 0.5) is 0 Å². The number of aliphatic imine (C=N–C) groups is 1. The van der Waals surface area contributed by atoms with E-state index in [1.807, 2.05) is 0 Å². The Kier molecular flexibility index (Phi) is 6.08. The van der Waals surface area contributed by atoms with Gasteiger partial charge in [0, 0.05) is 30.9 Å². The first kappa shape index (κ1) is 17.9. The molecule has 0 bridgehead atoms. The lowest BCUT2D eigenvalue weighted by molar-refractivity contribution is 0.763. The Labute approximate surface area is 154 Å². The van der Waals surface area contributed by atoms with Gasteiger partial charge < -0.3 is 10.6 Å². The van der Waals surface area contributed by atoms with E-state index in [1.165, 1.54) is 21.9 Å². The molecular formula is C20H28N4S. The predicted molar refractivity (Wildman–Crippen MR) is 107 cm³/mol. The Balaban J connectivity index is 1.46. The second-order valence-corrected chi connectivity index (χ2v) is 7.95. The van der Waals surface area contributed by atoms with Crippen LogP contribution in [0.15, 0.2) is 35.3 Å². The molecule has 1 saturated carbocycles. The monoisotopic (exact) mass is 356 g/mol. The SMILES string of the molecule is CCNC(=NCC1CC1c1ccccc1)NCCc1nc(C)c(C)s1. The fourth-order valence-electron chi connectivity index (χ4n) is 3.04. The number of hydrogen-bond donors (Lipinski definition) is 2. The quantitative estimate of drug-likeness (QED) is 0.588. The number of benzene rings is 1. The fourth-order valence-corrected chi connectivity index (χ4v) is 3.98. The molecule has 134 valence electrons. The third-order valence-corrected chi connectivity index (χ3v) is 5.82. The zero-order valence-corrected chi connectivity index (χ0v) is 16.2. The molecule has 1 heterocycles. The molecule has 2 aromatic rings. The zero-order chi connectivity index (χ0) is 17.6. The Morgan fingerprint density at radius 1 is 1.24 bits per heavy atom. The van der Waals surface area contributed by atoms with Crippen molar-refractivity contribution in [2.45, 2.75) is 39.5 Å². The number of hydrogen-bond acceptors (Lipinski definition) is 3. The van der Waals surface area contributed by atoms with E-state index in [0.717, 1.165) is 37.7 Å². The maximum absolute atomic E-state index is 4.78. The van der Waals surface area contributed by atoms with Crippen molar-refractivity contribution in [3.05, 3.63) is 51.5 Å². The molecule has 2 N–H and O–H groups in total. The van der Waals surface area contributed by atoms with Crippen molar-refractivity contribution < 1.29 is 0 Å². The molecule has 1 fully saturated rings. The molecule has 1 aromatic carbocycles. The highest BCUT2D eigenvalue weighted by Gasteiger charge is 2.37. The van der Waals surface area contributed by atoms with E-state index in [2.05, 4.69) is 66.7 Å². The van der Waals surface area contributed by atoms with Crippen molar-refractivity contribution in [1.29, 1.82) is 0 Å². The van der Waals surface area contributed by atoms with Gasteiger partial charge in [-0.25, -0.2) is 4.98 Å². The summed E-state index contributed by atoms with van der Waals surface area (Å²) < 4.78 is 0. The minimum absolute atomic E-state index is 0.683. The Morgan fingerprint density at radius 2 is 2.04 bits per heavy atom. The summed E-state index contributed by atoms with van der Waals surface area (Å²) in [6.07, 6.45) is 2.20. The Hall–Kier alpha value is -1.88. The summed E-state index contributed by atoms with van der Waals surface area (Å²) in [6, 6.07) is 10.8. The molecule has 3 rings (SSSR count).